The number of amides is 4. The van der Waals surface area contributed by atoms with Crippen LogP contribution >= 0.6 is 11.3 Å². The number of benzene rings is 1. The average molecular weight is 420 g/mol. The van der Waals surface area contributed by atoms with Crippen LogP contribution in [-0.4, -0.2) is 39.6 Å². The molecular weight excluding hydrogens is 404 g/mol. The summed E-state index contributed by atoms with van der Waals surface area (Å²) in [5.41, 5.74) is 2.28. The highest BCUT2D eigenvalue weighted by Crippen LogP contribution is 2.30. The molecule has 2 aromatic heterocycles. The van der Waals surface area contributed by atoms with E-state index in [1.807, 2.05) is 17.5 Å². The summed E-state index contributed by atoms with van der Waals surface area (Å²) in [4.78, 5) is 55.7. The number of thiophene rings is 1. The van der Waals surface area contributed by atoms with Crippen LogP contribution in [0.5, 0.6) is 0 Å². The number of aromatic nitrogens is 1. The molecule has 0 aliphatic carbocycles. The molecule has 4 amide bonds. The molecule has 150 valence electrons. The first-order chi connectivity index (χ1) is 14.5. The van der Waals surface area contributed by atoms with E-state index in [-0.39, 0.29) is 30.7 Å². The molecule has 1 saturated heterocycles. The molecule has 1 fully saturated rings. The van der Waals surface area contributed by atoms with E-state index in [2.05, 4.69) is 15.6 Å². The molecule has 2 aliphatic rings. The van der Waals surface area contributed by atoms with E-state index < -0.39 is 11.9 Å². The Morgan fingerprint density at radius 3 is 2.93 bits per heavy atom. The van der Waals surface area contributed by atoms with Crippen LogP contribution in [0.15, 0.2) is 41.9 Å². The summed E-state index contributed by atoms with van der Waals surface area (Å²) >= 11 is 1.45. The first kappa shape index (κ1) is 18.4. The van der Waals surface area contributed by atoms with E-state index in [1.165, 1.54) is 16.2 Å². The highest BCUT2D eigenvalue weighted by Gasteiger charge is 2.39. The van der Waals surface area contributed by atoms with E-state index in [4.69, 9.17) is 0 Å². The molecule has 8 nitrogen and oxygen atoms in total. The first-order valence-electron chi connectivity index (χ1n) is 9.42. The minimum absolute atomic E-state index is 0.202. The van der Waals surface area contributed by atoms with Crippen LogP contribution in [0.3, 0.4) is 0 Å². The van der Waals surface area contributed by atoms with Gasteiger partial charge in [-0.25, -0.2) is 4.98 Å². The number of hydrogen-bond donors (Lipinski definition) is 2. The van der Waals surface area contributed by atoms with Crippen LogP contribution < -0.4 is 10.6 Å². The van der Waals surface area contributed by atoms with E-state index in [1.54, 1.807) is 24.4 Å². The Morgan fingerprint density at radius 1 is 1.23 bits per heavy atom. The maximum atomic E-state index is 12.8. The molecule has 5 rings (SSSR count). The van der Waals surface area contributed by atoms with Gasteiger partial charge in [-0.15, -0.1) is 11.3 Å². The zero-order chi connectivity index (χ0) is 20.8. The minimum atomic E-state index is -0.676. The van der Waals surface area contributed by atoms with Crippen LogP contribution in [0, 0.1) is 0 Å². The van der Waals surface area contributed by atoms with Gasteiger partial charge in [0.2, 0.25) is 11.8 Å². The number of anilines is 1. The fourth-order valence-electron chi connectivity index (χ4n) is 3.87. The minimum Gasteiger partial charge on any atom is -0.322 e. The average Bonchev–Trinajstić information content (AvgIpc) is 3.29. The lowest BCUT2D eigenvalue weighted by atomic mass is 10.0. The molecule has 4 heterocycles. The van der Waals surface area contributed by atoms with Gasteiger partial charge in [-0.2, -0.15) is 0 Å². The first-order valence-corrected chi connectivity index (χ1v) is 10.3. The van der Waals surface area contributed by atoms with Crippen molar-refractivity contribution in [2.45, 2.75) is 25.4 Å². The second kappa shape index (κ2) is 7.03. The van der Waals surface area contributed by atoms with Gasteiger partial charge in [0, 0.05) is 41.1 Å². The highest BCUT2D eigenvalue weighted by molar-refractivity contribution is 7.17. The van der Waals surface area contributed by atoms with Crippen molar-refractivity contribution in [3.8, 4) is 0 Å². The van der Waals surface area contributed by atoms with E-state index in [9.17, 15) is 19.2 Å². The molecule has 1 unspecified atom stereocenters. The van der Waals surface area contributed by atoms with Crippen LogP contribution in [0.25, 0.3) is 10.2 Å². The predicted molar refractivity (Wildman–Crippen MR) is 110 cm³/mol. The molecule has 1 aromatic carbocycles. The third-order valence-electron chi connectivity index (χ3n) is 5.38. The maximum Gasteiger partial charge on any atom is 0.255 e. The number of rotatable bonds is 3. The van der Waals surface area contributed by atoms with Gasteiger partial charge >= 0.3 is 0 Å². The van der Waals surface area contributed by atoms with E-state index >= 15 is 0 Å². The van der Waals surface area contributed by atoms with Gasteiger partial charge in [0.25, 0.3) is 11.8 Å². The lowest BCUT2D eigenvalue weighted by Crippen LogP contribution is -2.52. The summed E-state index contributed by atoms with van der Waals surface area (Å²) in [5, 5.41) is 7.90. The Kier molecular flexibility index (Phi) is 4.32. The van der Waals surface area contributed by atoms with Crippen LogP contribution in [0.4, 0.5) is 5.69 Å². The van der Waals surface area contributed by atoms with Crippen molar-refractivity contribution in [2.75, 3.05) is 5.32 Å². The smallest absolute Gasteiger partial charge is 0.255 e. The van der Waals surface area contributed by atoms with Crippen LogP contribution in [-0.2, 0) is 16.1 Å². The van der Waals surface area contributed by atoms with Crippen molar-refractivity contribution in [1.29, 1.82) is 0 Å². The summed E-state index contributed by atoms with van der Waals surface area (Å²) in [6.07, 6.45) is 2.21. The Bertz CT molecular complexity index is 1230. The zero-order valence-corrected chi connectivity index (χ0v) is 16.5. The van der Waals surface area contributed by atoms with Crippen molar-refractivity contribution in [2.24, 2.45) is 0 Å². The van der Waals surface area contributed by atoms with Gasteiger partial charge in [-0.1, -0.05) is 0 Å². The Hall–Kier alpha value is -3.59. The molecule has 0 radical (unpaired) electrons. The third-order valence-corrected chi connectivity index (χ3v) is 6.29. The normalized spacial score (nSPS) is 18.5. The molecule has 9 heteroatoms. The molecule has 0 spiro atoms. The lowest BCUT2D eigenvalue weighted by Gasteiger charge is -2.29. The number of pyridine rings is 1. The summed E-state index contributed by atoms with van der Waals surface area (Å²) in [7, 11) is 0. The molecule has 3 aromatic rings. The third kappa shape index (κ3) is 3.03. The number of piperidine rings is 1. The lowest BCUT2D eigenvalue weighted by molar-refractivity contribution is -0.136. The molecule has 1 atom stereocenters. The fourth-order valence-corrected chi connectivity index (χ4v) is 4.72. The van der Waals surface area contributed by atoms with Crippen LogP contribution in [0.1, 0.15) is 39.1 Å². The quantitative estimate of drug-likeness (QED) is 0.632. The summed E-state index contributed by atoms with van der Waals surface area (Å²) < 4.78 is 0. The largest absolute Gasteiger partial charge is 0.322 e. The number of nitrogens with zero attached hydrogens (tertiary/aromatic N) is 2. The van der Waals surface area contributed by atoms with Gasteiger partial charge in [0.15, 0.2) is 0 Å². The van der Waals surface area contributed by atoms with Crippen molar-refractivity contribution in [3.05, 3.63) is 58.6 Å². The molecule has 2 aliphatic heterocycles. The Morgan fingerprint density at radius 2 is 2.10 bits per heavy atom. The molecule has 0 bridgehead atoms. The van der Waals surface area contributed by atoms with Gasteiger partial charge in [-0.3, -0.25) is 24.5 Å². The standard InChI is InChI=1S/C21H16N4O4S/c26-17-6-5-16(19(28)24-17)25-9-12-8-11(3-4-13(12)21(25)29)18(27)23-15-10-30-20-14(15)2-1-7-22-20/h1-4,7-8,10,16H,5-6,9H2,(H,23,27)(H,24,26,28). The number of hydrogen-bond acceptors (Lipinski definition) is 6. The Labute approximate surface area is 174 Å². The summed E-state index contributed by atoms with van der Waals surface area (Å²) in [6.45, 7) is 0.229. The van der Waals surface area contributed by atoms with E-state index in [0.717, 1.165) is 10.2 Å². The van der Waals surface area contributed by atoms with Gasteiger partial charge in [0.1, 0.15) is 10.9 Å². The zero-order valence-electron chi connectivity index (χ0n) is 15.7. The molecule has 0 saturated carbocycles. The number of imide groups is 1. The van der Waals surface area contributed by atoms with E-state index in [0.29, 0.717) is 28.8 Å². The van der Waals surface area contributed by atoms with Crippen molar-refractivity contribution < 1.29 is 19.2 Å². The van der Waals surface area contributed by atoms with Crippen molar-refractivity contribution >= 4 is 50.9 Å². The van der Waals surface area contributed by atoms with Crippen molar-refractivity contribution in [3.63, 3.8) is 0 Å². The van der Waals surface area contributed by atoms with Gasteiger partial charge < -0.3 is 10.2 Å². The number of carbonyl (C=O) groups is 4. The number of nitrogens with one attached hydrogen (secondary N) is 2. The number of fused-ring (bicyclic) bond motifs is 2. The van der Waals surface area contributed by atoms with Gasteiger partial charge in [-0.05, 0) is 42.3 Å². The second-order valence-corrected chi connectivity index (χ2v) is 8.09. The molecule has 2 N–H and O–H groups in total. The SMILES string of the molecule is O=C1CCC(N2Cc3cc(C(=O)Nc4csc5ncccc45)ccc3C2=O)C(=O)N1. The highest BCUT2D eigenvalue weighted by atomic mass is 32.1. The van der Waals surface area contributed by atoms with Crippen LogP contribution in [0.2, 0.25) is 0 Å². The summed E-state index contributed by atoms with van der Waals surface area (Å²) in [5.74, 6) is -1.33. The molecular formula is C21H16N4O4S. The Balaban J connectivity index is 1.37. The monoisotopic (exact) mass is 420 g/mol. The molecule has 30 heavy (non-hydrogen) atoms. The fraction of sp³-hybridized carbons (Fsp3) is 0.190. The second-order valence-electron chi connectivity index (χ2n) is 7.23. The topological polar surface area (TPSA) is 108 Å². The summed E-state index contributed by atoms with van der Waals surface area (Å²) in [6, 6.07) is 7.94. The van der Waals surface area contributed by atoms with Gasteiger partial charge in [0.05, 0.1) is 5.69 Å². The van der Waals surface area contributed by atoms with Crippen molar-refractivity contribution in [1.82, 2.24) is 15.2 Å². The predicted octanol–water partition coefficient (Wildman–Crippen LogP) is 2.31. The number of carbonyl (C=O) groups excluding carboxylic acids is 4. The maximum absolute atomic E-state index is 12.8.